The normalized spacial score (nSPS) is 16.1. The summed E-state index contributed by atoms with van der Waals surface area (Å²) in [7, 11) is 0. The lowest BCUT2D eigenvalue weighted by Crippen LogP contribution is -2.35. The van der Waals surface area contributed by atoms with Gasteiger partial charge in [-0.3, -0.25) is 0 Å². The standard InChI is InChI=1S/C8H16N2O/c1-2-9-8(11)10-6-5-7-3-4-7/h7H,2-6H2,1H3,(H2,9,10,11). The zero-order valence-corrected chi connectivity index (χ0v) is 7.02. The number of hydrogen-bond acceptors (Lipinski definition) is 1. The fourth-order valence-corrected chi connectivity index (χ4v) is 1.02. The number of rotatable bonds is 4. The minimum Gasteiger partial charge on any atom is -0.338 e. The van der Waals surface area contributed by atoms with Gasteiger partial charge in [-0.25, -0.2) is 4.79 Å². The molecule has 0 aromatic heterocycles. The molecule has 2 amide bonds. The fraction of sp³-hybridized carbons (Fsp3) is 0.875. The average molecular weight is 156 g/mol. The lowest BCUT2D eigenvalue weighted by atomic mass is 10.3. The first-order chi connectivity index (χ1) is 5.33. The number of urea groups is 1. The number of hydrogen-bond donors (Lipinski definition) is 2. The monoisotopic (exact) mass is 156 g/mol. The third-order valence-corrected chi connectivity index (χ3v) is 1.87. The summed E-state index contributed by atoms with van der Waals surface area (Å²) in [5.74, 6) is 0.900. The molecule has 0 unspecified atom stereocenters. The molecule has 1 aliphatic carbocycles. The number of carbonyl (C=O) groups excluding carboxylic acids is 1. The summed E-state index contributed by atoms with van der Waals surface area (Å²) in [6.45, 7) is 3.45. The minimum atomic E-state index is -0.0341. The van der Waals surface area contributed by atoms with Gasteiger partial charge in [0.2, 0.25) is 0 Å². The Hall–Kier alpha value is -0.730. The Morgan fingerprint density at radius 3 is 2.73 bits per heavy atom. The molecule has 0 heterocycles. The molecule has 2 N–H and O–H groups in total. The van der Waals surface area contributed by atoms with Gasteiger partial charge in [-0.2, -0.15) is 0 Å². The smallest absolute Gasteiger partial charge is 0.314 e. The van der Waals surface area contributed by atoms with Crippen molar-refractivity contribution in [3.05, 3.63) is 0 Å². The van der Waals surface area contributed by atoms with E-state index in [1.54, 1.807) is 0 Å². The summed E-state index contributed by atoms with van der Waals surface area (Å²) in [4.78, 5) is 10.8. The van der Waals surface area contributed by atoms with E-state index < -0.39 is 0 Å². The van der Waals surface area contributed by atoms with E-state index in [4.69, 9.17) is 0 Å². The minimum absolute atomic E-state index is 0.0341. The van der Waals surface area contributed by atoms with Crippen LogP contribution in [0.15, 0.2) is 0 Å². The van der Waals surface area contributed by atoms with Crippen LogP contribution in [0.3, 0.4) is 0 Å². The summed E-state index contributed by atoms with van der Waals surface area (Å²) < 4.78 is 0. The van der Waals surface area contributed by atoms with E-state index in [1.807, 2.05) is 6.92 Å². The van der Waals surface area contributed by atoms with Gasteiger partial charge in [0.1, 0.15) is 0 Å². The number of nitrogens with one attached hydrogen (secondary N) is 2. The molecule has 1 fully saturated rings. The molecule has 1 rings (SSSR count). The quantitative estimate of drug-likeness (QED) is 0.629. The van der Waals surface area contributed by atoms with Crippen LogP contribution < -0.4 is 10.6 Å². The second-order valence-electron chi connectivity index (χ2n) is 3.02. The van der Waals surface area contributed by atoms with Gasteiger partial charge in [-0.15, -0.1) is 0 Å². The van der Waals surface area contributed by atoms with E-state index in [9.17, 15) is 4.79 Å². The van der Waals surface area contributed by atoms with Gasteiger partial charge in [0.05, 0.1) is 0 Å². The molecule has 0 aliphatic heterocycles. The third kappa shape index (κ3) is 3.86. The molecule has 0 aromatic rings. The highest BCUT2D eigenvalue weighted by Gasteiger charge is 2.20. The van der Waals surface area contributed by atoms with E-state index in [1.165, 1.54) is 12.8 Å². The van der Waals surface area contributed by atoms with Crippen molar-refractivity contribution in [2.24, 2.45) is 5.92 Å². The van der Waals surface area contributed by atoms with E-state index in [0.29, 0.717) is 6.54 Å². The van der Waals surface area contributed by atoms with Crippen LogP contribution in [0.25, 0.3) is 0 Å². The Labute approximate surface area is 67.5 Å². The van der Waals surface area contributed by atoms with Crippen LogP contribution in [0.1, 0.15) is 26.2 Å². The van der Waals surface area contributed by atoms with Crippen molar-refractivity contribution in [3.8, 4) is 0 Å². The summed E-state index contributed by atoms with van der Waals surface area (Å²) in [5, 5.41) is 5.49. The lowest BCUT2D eigenvalue weighted by Gasteiger charge is -2.03. The topological polar surface area (TPSA) is 41.1 Å². The maximum absolute atomic E-state index is 10.8. The highest BCUT2D eigenvalue weighted by molar-refractivity contribution is 5.73. The third-order valence-electron chi connectivity index (χ3n) is 1.87. The Morgan fingerprint density at radius 2 is 2.18 bits per heavy atom. The Balaban J connectivity index is 1.88. The van der Waals surface area contributed by atoms with Crippen molar-refractivity contribution < 1.29 is 4.79 Å². The van der Waals surface area contributed by atoms with Gasteiger partial charge >= 0.3 is 6.03 Å². The molecule has 3 heteroatoms. The molecule has 0 radical (unpaired) electrons. The van der Waals surface area contributed by atoms with Crippen LogP contribution in [-0.4, -0.2) is 19.1 Å². The van der Waals surface area contributed by atoms with Crippen molar-refractivity contribution in [1.82, 2.24) is 10.6 Å². The molecule has 3 nitrogen and oxygen atoms in total. The van der Waals surface area contributed by atoms with Crippen molar-refractivity contribution in [1.29, 1.82) is 0 Å². The summed E-state index contributed by atoms with van der Waals surface area (Å²) in [6, 6.07) is -0.0341. The van der Waals surface area contributed by atoms with Gasteiger partial charge in [-0.1, -0.05) is 12.8 Å². The molecule has 0 atom stereocenters. The molecule has 64 valence electrons. The van der Waals surface area contributed by atoms with Gasteiger partial charge in [-0.05, 0) is 19.3 Å². The average Bonchev–Trinajstić information content (AvgIpc) is 2.72. The van der Waals surface area contributed by atoms with Gasteiger partial charge in [0.25, 0.3) is 0 Å². The van der Waals surface area contributed by atoms with Crippen molar-refractivity contribution in [3.63, 3.8) is 0 Å². The predicted octanol–water partition coefficient (Wildman–Crippen LogP) is 1.11. The summed E-state index contributed by atoms with van der Waals surface area (Å²) in [5.41, 5.74) is 0. The van der Waals surface area contributed by atoms with Crippen LogP contribution >= 0.6 is 0 Å². The van der Waals surface area contributed by atoms with Crippen molar-refractivity contribution >= 4 is 6.03 Å². The zero-order chi connectivity index (χ0) is 8.10. The molecular formula is C8H16N2O. The first-order valence-corrected chi connectivity index (χ1v) is 4.34. The second-order valence-corrected chi connectivity index (χ2v) is 3.02. The van der Waals surface area contributed by atoms with Gasteiger partial charge in [0.15, 0.2) is 0 Å². The lowest BCUT2D eigenvalue weighted by molar-refractivity contribution is 0.241. The first-order valence-electron chi connectivity index (χ1n) is 4.34. The highest BCUT2D eigenvalue weighted by atomic mass is 16.2. The van der Waals surface area contributed by atoms with Crippen LogP contribution in [0.2, 0.25) is 0 Å². The molecule has 0 aromatic carbocycles. The molecule has 1 aliphatic rings. The molecule has 1 saturated carbocycles. The summed E-state index contributed by atoms with van der Waals surface area (Å²) in [6.07, 6.45) is 3.87. The molecule has 0 saturated heterocycles. The van der Waals surface area contributed by atoms with E-state index >= 15 is 0 Å². The van der Waals surface area contributed by atoms with Gasteiger partial charge in [0, 0.05) is 13.1 Å². The molecule has 0 spiro atoms. The van der Waals surface area contributed by atoms with Crippen molar-refractivity contribution in [2.75, 3.05) is 13.1 Å². The molecule has 0 bridgehead atoms. The van der Waals surface area contributed by atoms with E-state index in [2.05, 4.69) is 10.6 Å². The fourth-order valence-electron chi connectivity index (χ4n) is 1.02. The predicted molar refractivity (Wildman–Crippen MR) is 44.4 cm³/mol. The number of amides is 2. The Kier molecular flexibility index (Phi) is 3.20. The Bertz CT molecular complexity index is 132. The summed E-state index contributed by atoms with van der Waals surface area (Å²) >= 11 is 0. The van der Waals surface area contributed by atoms with Crippen LogP contribution in [0.4, 0.5) is 4.79 Å². The van der Waals surface area contributed by atoms with E-state index in [-0.39, 0.29) is 6.03 Å². The SMILES string of the molecule is CCNC(=O)NCCC1CC1. The van der Waals surface area contributed by atoms with E-state index in [0.717, 1.165) is 18.9 Å². The molecule has 11 heavy (non-hydrogen) atoms. The zero-order valence-electron chi connectivity index (χ0n) is 7.02. The maximum Gasteiger partial charge on any atom is 0.314 e. The first kappa shape index (κ1) is 8.37. The number of carbonyl (C=O) groups is 1. The van der Waals surface area contributed by atoms with Crippen molar-refractivity contribution in [2.45, 2.75) is 26.2 Å². The van der Waals surface area contributed by atoms with Crippen LogP contribution in [0, 0.1) is 5.92 Å². The van der Waals surface area contributed by atoms with Gasteiger partial charge < -0.3 is 10.6 Å². The maximum atomic E-state index is 10.8. The highest BCUT2D eigenvalue weighted by Crippen LogP contribution is 2.31. The molecular weight excluding hydrogens is 140 g/mol. The second kappa shape index (κ2) is 4.21. The van der Waals surface area contributed by atoms with Crippen LogP contribution in [0.5, 0.6) is 0 Å². The largest absolute Gasteiger partial charge is 0.338 e. The Morgan fingerprint density at radius 1 is 1.45 bits per heavy atom. The van der Waals surface area contributed by atoms with Crippen LogP contribution in [-0.2, 0) is 0 Å².